The zero-order valence-electron chi connectivity index (χ0n) is 19.2. The molecule has 0 heterocycles. The highest BCUT2D eigenvalue weighted by Gasteiger charge is 2.12. The van der Waals surface area contributed by atoms with E-state index in [4.69, 9.17) is 26.4 Å². The molecule has 0 spiro atoms. The highest BCUT2D eigenvalue weighted by molar-refractivity contribution is 9.10. The van der Waals surface area contributed by atoms with Gasteiger partial charge in [-0.3, -0.25) is 10.1 Å². The number of nitrogens with one attached hydrogen (secondary N) is 2. The Morgan fingerprint density at radius 3 is 2.41 bits per heavy atom. The second-order valence-corrected chi connectivity index (χ2v) is 9.23. The van der Waals surface area contributed by atoms with Crippen molar-refractivity contribution >= 4 is 39.2 Å². The quantitative estimate of drug-likeness (QED) is 0.403. The Morgan fingerprint density at radius 2 is 1.78 bits per heavy atom. The van der Waals surface area contributed by atoms with E-state index in [1.165, 1.54) is 0 Å². The van der Waals surface area contributed by atoms with Crippen LogP contribution in [-0.2, 0) is 6.54 Å². The topological polar surface area (TPSA) is 68.8 Å². The number of carbonyl (C=O) groups is 1. The second kappa shape index (κ2) is 12.6. The molecular weight excluding hydrogens is 492 g/mol. The monoisotopic (exact) mass is 522 g/mol. The highest BCUT2D eigenvalue weighted by atomic mass is 79.9. The minimum Gasteiger partial charge on any atom is -0.493 e. The van der Waals surface area contributed by atoms with E-state index in [0.717, 1.165) is 12.0 Å². The second-order valence-electron chi connectivity index (χ2n) is 7.96. The van der Waals surface area contributed by atoms with Crippen molar-refractivity contribution < 1.29 is 19.0 Å². The van der Waals surface area contributed by atoms with Crippen molar-refractivity contribution in [2.75, 3.05) is 13.7 Å². The Morgan fingerprint density at radius 1 is 1.06 bits per heavy atom. The third kappa shape index (κ3) is 8.31. The first-order valence-corrected chi connectivity index (χ1v) is 11.7. The molecule has 2 aromatic rings. The summed E-state index contributed by atoms with van der Waals surface area (Å²) < 4.78 is 17.6. The Labute approximate surface area is 204 Å². The van der Waals surface area contributed by atoms with Crippen molar-refractivity contribution in [3.8, 4) is 17.2 Å². The fourth-order valence-corrected chi connectivity index (χ4v) is 3.38. The van der Waals surface area contributed by atoms with Gasteiger partial charge >= 0.3 is 0 Å². The van der Waals surface area contributed by atoms with E-state index >= 15 is 0 Å². The van der Waals surface area contributed by atoms with Gasteiger partial charge in [-0.1, -0.05) is 19.9 Å². The number of halogens is 1. The van der Waals surface area contributed by atoms with Gasteiger partial charge < -0.3 is 19.5 Å². The van der Waals surface area contributed by atoms with Gasteiger partial charge in [-0.05, 0) is 90.2 Å². The Hall–Kier alpha value is -2.32. The van der Waals surface area contributed by atoms with E-state index in [9.17, 15) is 4.79 Å². The van der Waals surface area contributed by atoms with Gasteiger partial charge in [0.05, 0.1) is 24.3 Å². The minimum absolute atomic E-state index is 0.0436. The third-order valence-corrected chi connectivity index (χ3v) is 5.28. The lowest BCUT2D eigenvalue weighted by atomic mass is 10.1. The van der Waals surface area contributed by atoms with E-state index < -0.39 is 0 Å². The van der Waals surface area contributed by atoms with Crippen LogP contribution in [0.15, 0.2) is 40.9 Å². The van der Waals surface area contributed by atoms with Gasteiger partial charge in [-0.25, -0.2) is 0 Å². The SMILES string of the molecule is COc1cc(CNC(=S)NC(=O)c2ccc(OC(C)C)c(Br)c2)ccc1OCCC(C)C. The zero-order valence-corrected chi connectivity index (χ0v) is 21.6. The number of amides is 1. The molecule has 0 aliphatic carbocycles. The third-order valence-electron chi connectivity index (χ3n) is 4.42. The van der Waals surface area contributed by atoms with Crippen LogP contribution in [0.2, 0.25) is 0 Å². The summed E-state index contributed by atoms with van der Waals surface area (Å²) in [5, 5.41) is 5.98. The smallest absolute Gasteiger partial charge is 0.257 e. The molecule has 0 saturated carbocycles. The molecule has 6 nitrogen and oxygen atoms in total. The van der Waals surface area contributed by atoms with Gasteiger partial charge in [0.15, 0.2) is 16.6 Å². The van der Waals surface area contributed by atoms with E-state index in [2.05, 4.69) is 40.4 Å². The largest absolute Gasteiger partial charge is 0.493 e. The molecular formula is C24H31BrN2O4S. The number of benzene rings is 2. The minimum atomic E-state index is -0.300. The number of ether oxygens (including phenoxy) is 3. The van der Waals surface area contributed by atoms with E-state index in [-0.39, 0.29) is 17.1 Å². The first kappa shape index (κ1) is 25.9. The molecule has 0 aliphatic heterocycles. The summed E-state index contributed by atoms with van der Waals surface area (Å²) >= 11 is 8.72. The number of thiocarbonyl (C=S) groups is 1. The maximum Gasteiger partial charge on any atom is 0.257 e. The van der Waals surface area contributed by atoms with Crippen molar-refractivity contribution in [1.29, 1.82) is 0 Å². The molecule has 0 atom stereocenters. The van der Waals surface area contributed by atoms with Crippen molar-refractivity contribution in [1.82, 2.24) is 10.6 Å². The molecule has 0 unspecified atom stereocenters. The van der Waals surface area contributed by atoms with Crippen LogP contribution in [0.1, 0.15) is 50.0 Å². The van der Waals surface area contributed by atoms with Crippen LogP contribution < -0.4 is 24.8 Å². The van der Waals surface area contributed by atoms with Crippen LogP contribution in [0.4, 0.5) is 0 Å². The number of hydrogen-bond donors (Lipinski definition) is 2. The lowest BCUT2D eigenvalue weighted by Crippen LogP contribution is -2.38. The van der Waals surface area contributed by atoms with E-state index in [1.807, 2.05) is 32.0 Å². The van der Waals surface area contributed by atoms with Crippen LogP contribution in [0.5, 0.6) is 17.2 Å². The lowest BCUT2D eigenvalue weighted by Gasteiger charge is -2.14. The molecule has 32 heavy (non-hydrogen) atoms. The predicted octanol–water partition coefficient (Wildman–Crippen LogP) is 5.47. The summed E-state index contributed by atoms with van der Waals surface area (Å²) in [4.78, 5) is 12.5. The summed E-state index contributed by atoms with van der Waals surface area (Å²) in [6.07, 6.45) is 1.02. The number of methoxy groups -OCH3 is 1. The maximum atomic E-state index is 12.5. The number of hydrogen-bond acceptors (Lipinski definition) is 5. The summed E-state index contributed by atoms with van der Waals surface area (Å²) in [5.74, 6) is 2.33. The summed E-state index contributed by atoms with van der Waals surface area (Å²) in [5.41, 5.74) is 1.43. The van der Waals surface area contributed by atoms with Crippen LogP contribution >= 0.6 is 28.1 Å². The first-order chi connectivity index (χ1) is 15.2. The lowest BCUT2D eigenvalue weighted by molar-refractivity contribution is 0.0976. The summed E-state index contributed by atoms with van der Waals surface area (Å²) in [6, 6.07) is 10.9. The standard InChI is InChI=1S/C24H31BrN2O4S/c1-15(2)10-11-30-21-8-6-17(12-22(21)29-5)14-26-24(32)27-23(28)18-7-9-20(19(25)13-18)31-16(3)4/h6-9,12-13,15-16H,10-11,14H2,1-5H3,(H2,26,27,28,32). The number of rotatable bonds is 10. The van der Waals surface area contributed by atoms with Gasteiger partial charge in [0, 0.05) is 12.1 Å². The average molecular weight is 523 g/mol. The Kier molecular flexibility index (Phi) is 10.3. The molecule has 2 rings (SSSR count). The van der Waals surface area contributed by atoms with Crippen LogP contribution in [0, 0.1) is 5.92 Å². The molecule has 2 aromatic carbocycles. The van der Waals surface area contributed by atoms with E-state index in [0.29, 0.717) is 46.4 Å². The first-order valence-electron chi connectivity index (χ1n) is 10.5. The summed E-state index contributed by atoms with van der Waals surface area (Å²) in [6.45, 7) is 9.29. The van der Waals surface area contributed by atoms with Gasteiger partial charge in [0.1, 0.15) is 5.75 Å². The highest BCUT2D eigenvalue weighted by Crippen LogP contribution is 2.29. The predicted molar refractivity (Wildman–Crippen MR) is 135 cm³/mol. The van der Waals surface area contributed by atoms with E-state index in [1.54, 1.807) is 25.3 Å². The molecule has 0 saturated heterocycles. The fourth-order valence-electron chi connectivity index (χ4n) is 2.74. The van der Waals surface area contributed by atoms with Gasteiger partial charge in [-0.2, -0.15) is 0 Å². The fraction of sp³-hybridized carbons (Fsp3) is 0.417. The van der Waals surface area contributed by atoms with Crippen molar-refractivity contribution in [2.24, 2.45) is 5.92 Å². The molecule has 2 N–H and O–H groups in total. The Balaban J connectivity index is 1.90. The molecule has 0 aromatic heterocycles. The van der Waals surface area contributed by atoms with Gasteiger partial charge in [-0.15, -0.1) is 0 Å². The maximum absolute atomic E-state index is 12.5. The van der Waals surface area contributed by atoms with Crippen LogP contribution in [-0.4, -0.2) is 30.8 Å². The van der Waals surface area contributed by atoms with Gasteiger partial charge in [0.25, 0.3) is 5.91 Å². The molecule has 1 amide bonds. The molecule has 0 fully saturated rings. The molecule has 174 valence electrons. The van der Waals surface area contributed by atoms with Crippen molar-refractivity contribution in [3.05, 3.63) is 52.0 Å². The molecule has 0 radical (unpaired) electrons. The van der Waals surface area contributed by atoms with Crippen LogP contribution in [0.3, 0.4) is 0 Å². The average Bonchev–Trinajstić information content (AvgIpc) is 2.73. The van der Waals surface area contributed by atoms with Crippen LogP contribution in [0.25, 0.3) is 0 Å². The zero-order chi connectivity index (χ0) is 23.7. The van der Waals surface area contributed by atoms with Gasteiger partial charge in [0.2, 0.25) is 0 Å². The normalized spacial score (nSPS) is 10.8. The molecule has 8 heteroatoms. The molecule has 0 bridgehead atoms. The number of carbonyl (C=O) groups excluding carboxylic acids is 1. The summed E-state index contributed by atoms with van der Waals surface area (Å²) in [7, 11) is 1.61. The Bertz CT molecular complexity index is 934. The molecule has 0 aliphatic rings. The van der Waals surface area contributed by atoms with Crippen molar-refractivity contribution in [2.45, 2.75) is 46.8 Å². The van der Waals surface area contributed by atoms with Crippen molar-refractivity contribution in [3.63, 3.8) is 0 Å².